The Morgan fingerprint density at radius 3 is 2.26 bits per heavy atom. The van der Waals surface area contributed by atoms with Gasteiger partial charge in [0.25, 0.3) is 0 Å². The van der Waals surface area contributed by atoms with E-state index in [-0.39, 0.29) is 13.0 Å². The predicted molar refractivity (Wildman–Crippen MR) is 70.5 cm³/mol. The maximum Gasteiger partial charge on any atom is 0.303 e. The Bertz CT molecular complexity index is 437. The van der Waals surface area contributed by atoms with Crippen LogP contribution < -0.4 is 5.32 Å². The highest BCUT2D eigenvalue weighted by Gasteiger charge is 2.34. The predicted octanol–water partition coefficient (Wildman–Crippen LogP) is 0.572. The lowest BCUT2D eigenvalue weighted by atomic mass is 9.71. The van der Waals surface area contributed by atoms with Crippen molar-refractivity contribution in [2.75, 3.05) is 18.6 Å². The van der Waals surface area contributed by atoms with E-state index in [1.807, 2.05) is 0 Å². The molecule has 1 fully saturated rings. The van der Waals surface area contributed by atoms with E-state index in [4.69, 9.17) is 5.11 Å². The molecule has 0 aliphatic heterocycles. The molecule has 0 aromatic carbocycles. The van der Waals surface area contributed by atoms with Crippen molar-refractivity contribution in [1.29, 1.82) is 0 Å². The van der Waals surface area contributed by atoms with Gasteiger partial charge in [0.15, 0.2) is 9.84 Å². The number of hydrogen-bond donors (Lipinski definition) is 2. The van der Waals surface area contributed by atoms with Crippen LogP contribution in [0.25, 0.3) is 0 Å². The number of aliphatic carboxylic acids is 1. The lowest BCUT2D eigenvalue weighted by Crippen LogP contribution is -2.42. The molecule has 0 atom stereocenters. The third-order valence-corrected chi connectivity index (χ3v) is 4.28. The zero-order valence-electron chi connectivity index (χ0n) is 11.1. The highest BCUT2D eigenvalue weighted by Crippen LogP contribution is 2.38. The van der Waals surface area contributed by atoms with Gasteiger partial charge in [0.2, 0.25) is 5.91 Å². The van der Waals surface area contributed by atoms with Gasteiger partial charge >= 0.3 is 5.97 Å². The first kappa shape index (κ1) is 15.9. The van der Waals surface area contributed by atoms with Gasteiger partial charge in [-0.05, 0) is 18.3 Å². The first-order valence-corrected chi connectivity index (χ1v) is 8.45. The number of carbonyl (C=O) groups excluding carboxylic acids is 1. The molecule has 0 heterocycles. The first-order valence-electron chi connectivity index (χ1n) is 6.39. The minimum Gasteiger partial charge on any atom is -0.481 e. The summed E-state index contributed by atoms with van der Waals surface area (Å²) in [7, 11) is -3.35. The zero-order chi connectivity index (χ0) is 14.5. The maximum atomic E-state index is 11.5. The van der Waals surface area contributed by atoms with Crippen molar-refractivity contribution in [3.8, 4) is 0 Å². The van der Waals surface area contributed by atoms with Gasteiger partial charge in [-0.1, -0.05) is 19.3 Å². The number of carboxylic acids is 1. The van der Waals surface area contributed by atoms with Gasteiger partial charge in [-0.15, -0.1) is 0 Å². The second kappa shape index (κ2) is 6.36. The summed E-state index contributed by atoms with van der Waals surface area (Å²) in [6, 6.07) is 0. The average Bonchev–Trinajstić information content (AvgIpc) is 2.24. The van der Waals surface area contributed by atoms with E-state index in [9.17, 15) is 18.0 Å². The summed E-state index contributed by atoms with van der Waals surface area (Å²) in [5.74, 6) is -1.98. The summed E-state index contributed by atoms with van der Waals surface area (Å²) in [5, 5.41) is 11.5. The molecule has 1 saturated carbocycles. The third-order valence-electron chi connectivity index (χ3n) is 3.49. The van der Waals surface area contributed by atoms with Crippen molar-refractivity contribution in [1.82, 2.24) is 5.32 Å². The summed E-state index contributed by atoms with van der Waals surface area (Å²) in [6.07, 6.45) is 5.53. The number of sulfone groups is 1. The quantitative estimate of drug-likeness (QED) is 0.745. The molecule has 0 unspecified atom stereocenters. The Morgan fingerprint density at radius 1 is 1.21 bits per heavy atom. The maximum absolute atomic E-state index is 11.5. The lowest BCUT2D eigenvalue weighted by molar-refractivity contribution is -0.140. The van der Waals surface area contributed by atoms with Gasteiger partial charge in [0.1, 0.15) is 5.75 Å². The number of rotatable bonds is 6. The van der Waals surface area contributed by atoms with E-state index in [0.717, 1.165) is 38.4 Å². The van der Waals surface area contributed by atoms with Crippen LogP contribution in [0.2, 0.25) is 0 Å². The smallest absolute Gasteiger partial charge is 0.303 e. The van der Waals surface area contributed by atoms with Gasteiger partial charge in [0.05, 0.1) is 6.42 Å². The SMILES string of the molecule is CS(=O)(=O)CC(=O)NCC1(CC(=O)O)CCCCC1. The molecule has 7 heteroatoms. The largest absolute Gasteiger partial charge is 0.481 e. The molecule has 0 spiro atoms. The van der Waals surface area contributed by atoms with Crippen molar-refractivity contribution in [2.24, 2.45) is 5.41 Å². The van der Waals surface area contributed by atoms with Crippen LogP contribution in [-0.4, -0.2) is 44.0 Å². The topological polar surface area (TPSA) is 101 Å². The fraction of sp³-hybridized carbons (Fsp3) is 0.833. The number of carbonyl (C=O) groups is 2. The molecule has 1 rings (SSSR count). The molecule has 0 radical (unpaired) electrons. The van der Waals surface area contributed by atoms with E-state index in [1.54, 1.807) is 0 Å². The van der Waals surface area contributed by atoms with E-state index < -0.39 is 32.9 Å². The Morgan fingerprint density at radius 2 is 1.79 bits per heavy atom. The van der Waals surface area contributed by atoms with Crippen LogP contribution in [0.4, 0.5) is 0 Å². The standard InChI is InChI=1S/C12H21NO5S/c1-19(17,18)8-10(14)13-9-12(7-11(15)16)5-3-2-4-6-12/h2-9H2,1H3,(H,13,14)(H,15,16). The van der Waals surface area contributed by atoms with Crippen LogP contribution in [-0.2, 0) is 19.4 Å². The normalized spacial score (nSPS) is 18.8. The van der Waals surface area contributed by atoms with Crippen molar-refractivity contribution in [2.45, 2.75) is 38.5 Å². The van der Waals surface area contributed by atoms with Gasteiger partial charge in [0, 0.05) is 12.8 Å². The molecule has 0 bridgehead atoms. The molecular formula is C12H21NO5S. The lowest BCUT2D eigenvalue weighted by Gasteiger charge is -2.36. The van der Waals surface area contributed by atoms with E-state index in [1.165, 1.54) is 0 Å². The van der Waals surface area contributed by atoms with Crippen molar-refractivity contribution in [3.05, 3.63) is 0 Å². The molecule has 0 saturated heterocycles. The molecule has 110 valence electrons. The Hall–Kier alpha value is -1.11. The van der Waals surface area contributed by atoms with Gasteiger partial charge in [-0.2, -0.15) is 0 Å². The van der Waals surface area contributed by atoms with E-state index >= 15 is 0 Å². The fourth-order valence-electron chi connectivity index (χ4n) is 2.61. The van der Waals surface area contributed by atoms with E-state index in [2.05, 4.69) is 5.32 Å². The minimum atomic E-state index is -3.35. The first-order chi connectivity index (χ1) is 8.72. The minimum absolute atomic E-state index is 0.0200. The highest BCUT2D eigenvalue weighted by atomic mass is 32.2. The Labute approximate surface area is 113 Å². The molecule has 1 aliphatic carbocycles. The van der Waals surface area contributed by atoms with Crippen LogP contribution >= 0.6 is 0 Å². The second-order valence-corrected chi connectivity index (χ2v) is 7.62. The summed E-state index contributed by atoms with van der Waals surface area (Å²) in [5.41, 5.74) is -0.419. The second-order valence-electron chi connectivity index (χ2n) is 5.48. The summed E-state index contributed by atoms with van der Waals surface area (Å²) in [6.45, 7) is 0.244. The molecule has 1 amide bonds. The highest BCUT2D eigenvalue weighted by molar-refractivity contribution is 7.91. The van der Waals surface area contributed by atoms with Crippen molar-refractivity contribution in [3.63, 3.8) is 0 Å². The van der Waals surface area contributed by atoms with Crippen LogP contribution in [0.5, 0.6) is 0 Å². The zero-order valence-corrected chi connectivity index (χ0v) is 12.0. The average molecular weight is 291 g/mol. The molecule has 0 aromatic rings. The molecule has 6 nitrogen and oxygen atoms in total. The number of hydrogen-bond acceptors (Lipinski definition) is 4. The monoisotopic (exact) mass is 291 g/mol. The summed E-state index contributed by atoms with van der Waals surface area (Å²) < 4.78 is 22.0. The number of carboxylic acid groups (broad SMARTS) is 1. The van der Waals surface area contributed by atoms with Crippen LogP contribution in [0.3, 0.4) is 0 Å². The van der Waals surface area contributed by atoms with Crippen LogP contribution in [0.1, 0.15) is 38.5 Å². The van der Waals surface area contributed by atoms with Gasteiger partial charge in [-0.25, -0.2) is 8.42 Å². The molecular weight excluding hydrogens is 270 g/mol. The van der Waals surface area contributed by atoms with Gasteiger partial charge in [-0.3, -0.25) is 9.59 Å². The third kappa shape index (κ3) is 6.04. The summed E-state index contributed by atoms with van der Waals surface area (Å²) in [4.78, 5) is 22.4. The van der Waals surface area contributed by atoms with E-state index in [0.29, 0.717) is 0 Å². The Kier molecular flexibility index (Phi) is 5.34. The van der Waals surface area contributed by atoms with Crippen LogP contribution in [0, 0.1) is 5.41 Å². The van der Waals surface area contributed by atoms with Crippen molar-refractivity contribution >= 4 is 21.7 Å². The van der Waals surface area contributed by atoms with Gasteiger partial charge < -0.3 is 10.4 Å². The molecule has 0 aromatic heterocycles. The molecule has 2 N–H and O–H groups in total. The molecule has 1 aliphatic rings. The molecule has 19 heavy (non-hydrogen) atoms. The number of amides is 1. The fourth-order valence-corrected chi connectivity index (χ4v) is 3.19. The summed E-state index contributed by atoms with van der Waals surface area (Å²) >= 11 is 0. The van der Waals surface area contributed by atoms with Crippen molar-refractivity contribution < 1.29 is 23.1 Å². The Balaban J connectivity index is 2.58. The van der Waals surface area contributed by atoms with Crippen LogP contribution in [0.15, 0.2) is 0 Å². The number of nitrogens with one attached hydrogen (secondary N) is 1.